The summed E-state index contributed by atoms with van der Waals surface area (Å²) < 4.78 is 5.86. The fourth-order valence-corrected chi connectivity index (χ4v) is 3.79. The number of ether oxygens (including phenoxy) is 1. The number of benzene rings is 2. The lowest BCUT2D eigenvalue weighted by Gasteiger charge is -2.25. The molecule has 0 saturated carbocycles. The Kier molecular flexibility index (Phi) is 5.74. The van der Waals surface area contributed by atoms with Gasteiger partial charge in [0.25, 0.3) is 5.91 Å². The molecule has 1 amide bonds. The number of hydrogen-bond donors (Lipinski definition) is 1. The van der Waals surface area contributed by atoms with Crippen molar-refractivity contribution in [2.45, 2.75) is 39.0 Å². The predicted molar refractivity (Wildman–Crippen MR) is 104 cm³/mol. The molecule has 26 heavy (non-hydrogen) atoms. The first-order chi connectivity index (χ1) is 12.5. The third-order valence-electron chi connectivity index (χ3n) is 5.11. The van der Waals surface area contributed by atoms with Crippen molar-refractivity contribution in [3.05, 3.63) is 70.3 Å². The molecule has 4 nitrogen and oxygen atoms in total. The molecule has 1 fully saturated rings. The molecule has 0 aromatic heterocycles. The number of carbonyl (C=O) groups is 1. The first kappa shape index (κ1) is 18.6. The molecule has 0 spiro atoms. The van der Waals surface area contributed by atoms with E-state index in [-0.39, 0.29) is 12.1 Å². The van der Waals surface area contributed by atoms with Crippen LogP contribution in [0.25, 0.3) is 0 Å². The summed E-state index contributed by atoms with van der Waals surface area (Å²) in [6.45, 7) is 5.27. The molecule has 138 valence electrons. The second kappa shape index (κ2) is 8.02. The molecular formula is C22H28N2O2. The van der Waals surface area contributed by atoms with Crippen LogP contribution in [0.15, 0.2) is 42.5 Å². The number of aryl methyl sites for hydroxylation is 2. The van der Waals surface area contributed by atoms with Crippen molar-refractivity contribution in [2.24, 2.45) is 0 Å². The number of amides is 1. The van der Waals surface area contributed by atoms with Crippen LogP contribution in [0.1, 0.15) is 45.0 Å². The van der Waals surface area contributed by atoms with Gasteiger partial charge < -0.3 is 10.1 Å². The lowest BCUT2D eigenvalue weighted by atomic mass is 9.94. The fraction of sp³-hybridized carbons (Fsp3) is 0.409. The average molecular weight is 352 g/mol. The van der Waals surface area contributed by atoms with E-state index in [0.717, 1.165) is 35.3 Å². The number of likely N-dealkylation sites (N-methyl/N-ethyl adjacent to an activating group) is 1. The Labute approximate surface area is 156 Å². The molecule has 4 heteroatoms. The number of nitrogens with one attached hydrogen (secondary N) is 1. The minimum absolute atomic E-state index is 0.0126. The van der Waals surface area contributed by atoms with E-state index in [0.29, 0.717) is 12.5 Å². The lowest BCUT2D eigenvalue weighted by Crippen LogP contribution is -2.31. The maximum absolute atomic E-state index is 12.6. The van der Waals surface area contributed by atoms with Crippen LogP contribution >= 0.6 is 0 Å². The van der Waals surface area contributed by atoms with E-state index >= 15 is 0 Å². The molecule has 0 radical (unpaired) electrons. The molecule has 1 heterocycles. The molecule has 0 aliphatic carbocycles. The third kappa shape index (κ3) is 3.97. The summed E-state index contributed by atoms with van der Waals surface area (Å²) in [7, 11) is 4.11. The Hall–Kier alpha value is -2.17. The first-order valence-corrected chi connectivity index (χ1v) is 9.18. The molecule has 1 saturated heterocycles. The summed E-state index contributed by atoms with van der Waals surface area (Å²) in [5, 5.41) is 3.07. The van der Waals surface area contributed by atoms with Gasteiger partial charge in [0.1, 0.15) is 6.23 Å². The Bertz CT molecular complexity index is 765. The topological polar surface area (TPSA) is 41.6 Å². The Morgan fingerprint density at radius 3 is 2.54 bits per heavy atom. The Balaban J connectivity index is 1.71. The second-order valence-corrected chi connectivity index (χ2v) is 7.31. The zero-order valence-electron chi connectivity index (χ0n) is 16.1. The van der Waals surface area contributed by atoms with Gasteiger partial charge in [0, 0.05) is 24.6 Å². The van der Waals surface area contributed by atoms with Gasteiger partial charge in [-0.05, 0) is 56.6 Å². The van der Waals surface area contributed by atoms with Crippen LogP contribution in [-0.4, -0.2) is 37.7 Å². The fourth-order valence-electron chi connectivity index (χ4n) is 3.79. The van der Waals surface area contributed by atoms with Crippen molar-refractivity contribution in [1.82, 2.24) is 10.2 Å². The highest BCUT2D eigenvalue weighted by Crippen LogP contribution is 2.32. The van der Waals surface area contributed by atoms with Crippen LogP contribution in [0, 0.1) is 13.8 Å². The quantitative estimate of drug-likeness (QED) is 0.893. The maximum Gasteiger partial charge on any atom is 0.252 e. The summed E-state index contributed by atoms with van der Waals surface area (Å²) in [5.74, 6) is 0.362. The normalized spacial score (nSPS) is 19.7. The van der Waals surface area contributed by atoms with Gasteiger partial charge in [-0.15, -0.1) is 0 Å². The highest BCUT2D eigenvalue weighted by molar-refractivity contribution is 5.97. The minimum Gasteiger partial charge on any atom is -0.362 e. The number of carbonyl (C=O) groups excluding carboxylic acids is 1. The number of rotatable bonds is 5. The number of nitrogens with zero attached hydrogens (tertiary/aromatic N) is 1. The van der Waals surface area contributed by atoms with E-state index in [2.05, 4.69) is 48.6 Å². The molecule has 2 aromatic carbocycles. The van der Waals surface area contributed by atoms with Gasteiger partial charge in [0.2, 0.25) is 0 Å². The molecule has 0 bridgehead atoms. The van der Waals surface area contributed by atoms with Gasteiger partial charge in [-0.1, -0.05) is 42.5 Å². The smallest absolute Gasteiger partial charge is 0.252 e. The summed E-state index contributed by atoms with van der Waals surface area (Å²) in [5.41, 5.74) is 5.19. The van der Waals surface area contributed by atoms with Crippen LogP contribution in [0.3, 0.4) is 0 Å². The van der Waals surface area contributed by atoms with E-state index in [1.54, 1.807) is 0 Å². The van der Waals surface area contributed by atoms with Crippen LogP contribution < -0.4 is 5.32 Å². The molecule has 1 aliphatic heterocycles. The van der Waals surface area contributed by atoms with Crippen molar-refractivity contribution >= 4 is 5.91 Å². The van der Waals surface area contributed by atoms with Crippen molar-refractivity contribution < 1.29 is 9.53 Å². The minimum atomic E-state index is -0.0126. The molecule has 2 unspecified atom stereocenters. The SMILES string of the molecule is Cc1cccc(C)c1C(=O)NCc1cccc(C2CCOC2N(C)C)c1. The summed E-state index contributed by atoms with van der Waals surface area (Å²) in [6, 6.07) is 14.4. The molecular weight excluding hydrogens is 324 g/mol. The summed E-state index contributed by atoms with van der Waals surface area (Å²) in [4.78, 5) is 14.7. The van der Waals surface area contributed by atoms with Crippen molar-refractivity contribution in [3.63, 3.8) is 0 Å². The highest BCUT2D eigenvalue weighted by atomic mass is 16.5. The largest absolute Gasteiger partial charge is 0.362 e. The van der Waals surface area contributed by atoms with Gasteiger partial charge in [0.05, 0.1) is 0 Å². The molecule has 1 N–H and O–H groups in total. The zero-order chi connectivity index (χ0) is 18.7. The molecule has 2 atom stereocenters. The van der Waals surface area contributed by atoms with Crippen molar-refractivity contribution in [2.75, 3.05) is 20.7 Å². The highest BCUT2D eigenvalue weighted by Gasteiger charge is 2.31. The van der Waals surface area contributed by atoms with Gasteiger partial charge in [0.15, 0.2) is 0 Å². The maximum atomic E-state index is 12.6. The Morgan fingerprint density at radius 2 is 1.85 bits per heavy atom. The molecule has 2 aromatic rings. The van der Waals surface area contributed by atoms with Crippen LogP contribution in [0.5, 0.6) is 0 Å². The average Bonchev–Trinajstić information content (AvgIpc) is 3.10. The molecule has 3 rings (SSSR count). The van der Waals surface area contributed by atoms with Gasteiger partial charge in [-0.3, -0.25) is 9.69 Å². The summed E-state index contributed by atoms with van der Waals surface area (Å²) in [6.07, 6.45) is 1.15. The first-order valence-electron chi connectivity index (χ1n) is 9.18. The van der Waals surface area contributed by atoms with Gasteiger partial charge >= 0.3 is 0 Å². The van der Waals surface area contributed by atoms with E-state index in [4.69, 9.17) is 4.74 Å². The molecule has 1 aliphatic rings. The second-order valence-electron chi connectivity index (χ2n) is 7.31. The van der Waals surface area contributed by atoms with E-state index in [1.807, 2.05) is 32.0 Å². The summed E-state index contributed by atoms with van der Waals surface area (Å²) >= 11 is 0. The van der Waals surface area contributed by atoms with Crippen LogP contribution in [-0.2, 0) is 11.3 Å². The van der Waals surface area contributed by atoms with Crippen LogP contribution in [0.2, 0.25) is 0 Å². The van der Waals surface area contributed by atoms with E-state index in [9.17, 15) is 4.79 Å². The zero-order valence-corrected chi connectivity index (χ0v) is 16.1. The third-order valence-corrected chi connectivity index (χ3v) is 5.11. The predicted octanol–water partition coefficient (Wildman–Crippen LogP) is 3.63. The van der Waals surface area contributed by atoms with Gasteiger partial charge in [-0.25, -0.2) is 0 Å². The van der Waals surface area contributed by atoms with Crippen molar-refractivity contribution in [3.8, 4) is 0 Å². The lowest BCUT2D eigenvalue weighted by molar-refractivity contribution is 0.00118. The Morgan fingerprint density at radius 1 is 1.15 bits per heavy atom. The van der Waals surface area contributed by atoms with Crippen LogP contribution in [0.4, 0.5) is 0 Å². The van der Waals surface area contributed by atoms with E-state index in [1.165, 1.54) is 5.56 Å². The van der Waals surface area contributed by atoms with Crippen molar-refractivity contribution in [1.29, 1.82) is 0 Å². The van der Waals surface area contributed by atoms with Gasteiger partial charge in [-0.2, -0.15) is 0 Å². The van der Waals surface area contributed by atoms with E-state index < -0.39 is 0 Å². The standard InChI is InChI=1S/C22H28N2O2/c1-15-7-5-8-16(2)20(15)21(25)23-14-17-9-6-10-18(13-17)19-11-12-26-22(19)24(3)4/h5-10,13,19,22H,11-12,14H2,1-4H3,(H,23,25). The number of hydrogen-bond acceptors (Lipinski definition) is 3. The monoisotopic (exact) mass is 352 g/mol.